The van der Waals surface area contributed by atoms with Gasteiger partial charge in [-0.2, -0.15) is 0 Å². The van der Waals surface area contributed by atoms with Gasteiger partial charge >= 0.3 is 0 Å². The van der Waals surface area contributed by atoms with Crippen LogP contribution >= 0.6 is 0 Å². The van der Waals surface area contributed by atoms with Crippen molar-refractivity contribution in [2.24, 2.45) is 0 Å². The van der Waals surface area contributed by atoms with Crippen molar-refractivity contribution >= 4 is 0 Å². The summed E-state index contributed by atoms with van der Waals surface area (Å²) in [7, 11) is 1.70. The third kappa shape index (κ3) is 3.51. The molecule has 0 radical (unpaired) electrons. The Labute approximate surface area is 84.8 Å². The summed E-state index contributed by atoms with van der Waals surface area (Å²) in [6.07, 6.45) is 6.00. The minimum atomic E-state index is 0.317. The molecule has 0 aliphatic heterocycles. The van der Waals surface area contributed by atoms with Gasteiger partial charge in [-0.15, -0.1) is 6.42 Å². The van der Waals surface area contributed by atoms with Gasteiger partial charge in [0.25, 0.3) is 0 Å². The average Bonchev–Trinajstić information content (AvgIpc) is 2.25. The molecule has 0 aliphatic rings. The topological polar surface area (TPSA) is 18.5 Å². The number of rotatable bonds is 5. The van der Waals surface area contributed by atoms with Gasteiger partial charge in [0, 0.05) is 7.11 Å². The van der Waals surface area contributed by atoms with E-state index < -0.39 is 0 Å². The van der Waals surface area contributed by atoms with E-state index in [1.54, 1.807) is 7.11 Å². The zero-order chi connectivity index (χ0) is 10.2. The lowest BCUT2D eigenvalue weighted by Gasteiger charge is -2.03. The molecule has 0 fully saturated rings. The van der Waals surface area contributed by atoms with Crippen LogP contribution in [0.5, 0.6) is 5.75 Å². The Hall–Kier alpha value is -1.46. The molecule has 0 aromatic heterocycles. The van der Waals surface area contributed by atoms with Crippen molar-refractivity contribution in [2.45, 2.75) is 6.42 Å². The largest absolute Gasteiger partial charge is 0.481 e. The lowest BCUT2D eigenvalue weighted by Crippen LogP contribution is -1.96. The maximum absolute atomic E-state index is 5.25. The third-order valence-corrected chi connectivity index (χ3v) is 1.84. The SMILES string of the molecule is C#CCOc1ccc(CCOC)cc1. The van der Waals surface area contributed by atoms with E-state index in [4.69, 9.17) is 15.9 Å². The third-order valence-electron chi connectivity index (χ3n) is 1.84. The van der Waals surface area contributed by atoms with Crippen LogP contribution in [0, 0.1) is 12.3 Å². The predicted molar refractivity (Wildman–Crippen MR) is 56.4 cm³/mol. The molecule has 0 saturated carbocycles. The minimum absolute atomic E-state index is 0.317. The Morgan fingerprint density at radius 3 is 2.57 bits per heavy atom. The van der Waals surface area contributed by atoms with Crippen LogP contribution in [0.1, 0.15) is 5.56 Å². The highest BCUT2D eigenvalue weighted by Gasteiger charge is 1.94. The number of terminal acetylenes is 1. The van der Waals surface area contributed by atoms with E-state index >= 15 is 0 Å². The summed E-state index contributed by atoms with van der Waals surface area (Å²) in [5, 5.41) is 0. The van der Waals surface area contributed by atoms with E-state index in [-0.39, 0.29) is 0 Å². The van der Waals surface area contributed by atoms with Crippen molar-refractivity contribution in [1.29, 1.82) is 0 Å². The van der Waals surface area contributed by atoms with Gasteiger partial charge in [0.2, 0.25) is 0 Å². The van der Waals surface area contributed by atoms with E-state index in [1.807, 2.05) is 24.3 Å². The van der Waals surface area contributed by atoms with Crippen molar-refractivity contribution in [3.05, 3.63) is 29.8 Å². The molecule has 1 aromatic carbocycles. The van der Waals surface area contributed by atoms with Crippen LogP contribution in [0.4, 0.5) is 0 Å². The van der Waals surface area contributed by atoms with Crippen LogP contribution in [0.3, 0.4) is 0 Å². The first-order valence-corrected chi connectivity index (χ1v) is 4.51. The summed E-state index contributed by atoms with van der Waals surface area (Å²) < 4.78 is 10.2. The molecular formula is C12H14O2. The molecule has 0 amide bonds. The second-order valence-corrected chi connectivity index (χ2v) is 2.88. The van der Waals surface area contributed by atoms with Gasteiger partial charge in [-0.05, 0) is 24.1 Å². The van der Waals surface area contributed by atoms with Gasteiger partial charge < -0.3 is 9.47 Å². The minimum Gasteiger partial charge on any atom is -0.481 e. The fourth-order valence-corrected chi connectivity index (χ4v) is 1.10. The summed E-state index contributed by atoms with van der Waals surface area (Å²) in [6, 6.07) is 7.88. The first-order valence-electron chi connectivity index (χ1n) is 4.51. The van der Waals surface area contributed by atoms with Crippen LogP contribution < -0.4 is 4.74 Å². The van der Waals surface area contributed by atoms with E-state index in [0.29, 0.717) is 6.61 Å². The van der Waals surface area contributed by atoms with Crippen molar-refractivity contribution in [3.8, 4) is 18.1 Å². The second-order valence-electron chi connectivity index (χ2n) is 2.88. The Kier molecular flexibility index (Phi) is 4.60. The zero-order valence-electron chi connectivity index (χ0n) is 8.32. The van der Waals surface area contributed by atoms with Crippen molar-refractivity contribution in [3.63, 3.8) is 0 Å². The quantitative estimate of drug-likeness (QED) is 0.660. The lowest BCUT2D eigenvalue weighted by atomic mass is 10.1. The molecule has 2 heteroatoms. The van der Waals surface area contributed by atoms with Crippen molar-refractivity contribution < 1.29 is 9.47 Å². The Bertz CT molecular complexity index is 295. The molecular weight excluding hydrogens is 176 g/mol. The van der Waals surface area contributed by atoms with Crippen LogP contribution in [-0.4, -0.2) is 20.3 Å². The van der Waals surface area contributed by atoms with Gasteiger partial charge in [-0.3, -0.25) is 0 Å². The standard InChI is InChI=1S/C12H14O2/c1-3-9-14-12-6-4-11(5-7-12)8-10-13-2/h1,4-7H,8-10H2,2H3. The summed E-state index contributed by atoms with van der Waals surface area (Å²) >= 11 is 0. The monoisotopic (exact) mass is 190 g/mol. The van der Waals surface area contributed by atoms with Gasteiger partial charge in [0.15, 0.2) is 0 Å². The van der Waals surface area contributed by atoms with Gasteiger partial charge in [-0.1, -0.05) is 18.1 Å². The molecule has 0 saturated heterocycles. The highest BCUT2D eigenvalue weighted by Crippen LogP contribution is 2.12. The summed E-state index contributed by atoms with van der Waals surface area (Å²) in [4.78, 5) is 0. The Morgan fingerprint density at radius 2 is 2.00 bits per heavy atom. The molecule has 1 aromatic rings. The van der Waals surface area contributed by atoms with Crippen LogP contribution in [-0.2, 0) is 11.2 Å². The smallest absolute Gasteiger partial charge is 0.148 e. The maximum atomic E-state index is 5.25. The average molecular weight is 190 g/mol. The number of methoxy groups -OCH3 is 1. The van der Waals surface area contributed by atoms with Gasteiger partial charge in [-0.25, -0.2) is 0 Å². The fraction of sp³-hybridized carbons (Fsp3) is 0.333. The molecule has 0 spiro atoms. The lowest BCUT2D eigenvalue weighted by molar-refractivity contribution is 0.202. The molecule has 1 rings (SSSR count). The van der Waals surface area contributed by atoms with E-state index in [2.05, 4.69) is 5.92 Å². The molecule has 0 atom stereocenters. The maximum Gasteiger partial charge on any atom is 0.148 e. The van der Waals surface area contributed by atoms with Gasteiger partial charge in [0.1, 0.15) is 12.4 Å². The molecule has 2 nitrogen and oxygen atoms in total. The van der Waals surface area contributed by atoms with E-state index in [9.17, 15) is 0 Å². The zero-order valence-corrected chi connectivity index (χ0v) is 8.32. The van der Waals surface area contributed by atoms with Crippen molar-refractivity contribution in [1.82, 2.24) is 0 Å². The van der Waals surface area contributed by atoms with E-state index in [1.165, 1.54) is 5.56 Å². The fourth-order valence-electron chi connectivity index (χ4n) is 1.10. The molecule has 0 aliphatic carbocycles. The van der Waals surface area contributed by atoms with Gasteiger partial charge in [0.05, 0.1) is 6.61 Å². The highest BCUT2D eigenvalue weighted by atomic mass is 16.5. The predicted octanol–water partition coefficient (Wildman–Crippen LogP) is 1.89. The molecule has 14 heavy (non-hydrogen) atoms. The van der Waals surface area contributed by atoms with Crippen LogP contribution in [0.15, 0.2) is 24.3 Å². The first-order chi connectivity index (χ1) is 6.86. The number of hydrogen-bond acceptors (Lipinski definition) is 2. The number of hydrogen-bond donors (Lipinski definition) is 0. The Morgan fingerprint density at radius 1 is 1.29 bits per heavy atom. The number of ether oxygens (including phenoxy) is 2. The normalized spacial score (nSPS) is 9.43. The first kappa shape index (κ1) is 10.6. The summed E-state index contributed by atoms with van der Waals surface area (Å²) in [6.45, 7) is 1.06. The van der Waals surface area contributed by atoms with Crippen molar-refractivity contribution in [2.75, 3.05) is 20.3 Å². The number of benzene rings is 1. The molecule has 0 unspecified atom stereocenters. The Balaban J connectivity index is 2.47. The molecule has 0 bridgehead atoms. The van der Waals surface area contributed by atoms with Crippen LogP contribution in [0.25, 0.3) is 0 Å². The molecule has 74 valence electrons. The second kappa shape index (κ2) is 6.06. The summed E-state index contributed by atoms with van der Waals surface area (Å²) in [5.41, 5.74) is 1.24. The molecule has 0 heterocycles. The van der Waals surface area contributed by atoms with E-state index in [0.717, 1.165) is 18.8 Å². The molecule has 0 N–H and O–H groups in total. The highest BCUT2D eigenvalue weighted by molar-refractivity contribution is 5.27. The van der Waals surface area contributed by atoms with Crippen LogP contribution in [0.2, 0.25) is 0 Å². The summed E-state index contributed by atoms with van der Waals surface area (Å²) in [5.74, 6) is 3.23.